The molecule has 0 radical (unpaired) electrons. The fraction of sp³-hybridized carbons (Fsp3) is 0.267. The lowest BCUT2D eigenvalue weighted by Crippen LogP contribution is -2.25. The Hall–Kier alpha value is -1.75. The van der Waals surface area contributed by atoms with Gasteiger partial charge in [0.25, 0.3) is 0 Å². The number of hydrogen-bond donors (Lipinski definition) is 0. The lowest BCUT2D eigenvalue weighted by Gasteiger charge is -2.15. The van der Waals surface area contributed by atoms with Crippen LogP contribution in [-0.4, -0.2) is 20.8 Å². The van der Waals surface area contributed by atoms with E-state index in [4.69, 9.17) is 0 Å². The van der Waals surface area contributed by atoms with Gasteiger partial charge in [-0.15, -0.1) is 0 Å². The van der Waals surface area contributed by atoms with Crippen LogP contribution in [0.15, 0.2) is 41.3 Å². The molecule has 1 amide bonds. The van der Waals surface area contributed by atoms with Crippen LogP contribution in [0.2, 0.25) is 0 Å². The molecule has 0 fully saturated rings. The molecule has 0 bridgehead atoms. The van der Waals surface area contributed by atoms with Crippen LogP contribution in [0.4, 0.5) is 0 Å². The Bertz CT molecular complexity index is 620. The van der Waals surface area contributed by atoms with Gasteiger partial charge in [0.15, 0.2) is 0 Å². The molecule has 0 N–H and O–H groups in total. The second-order valence-electron chi connectivity index (χ2n) is 4.84. The third-order valence-corrected chi connectivity index (χ3v) is 4.28. The molecule has 3 rings (SSSR count). The summed E-state index contributed by atoms with van der Waals surface area (Å²) in [4.78, 5) is 22.3. The maximum atomic E-state index is 12.3. The summed E-state index contributed by atoms with van der Waals surface area (Å²) in [7, 11) is 0. The molecule has 5 heteroatoms. The van der Waals surface area contributed by atoms with Gasteiger partial charge in [-0.25, -0.2) is 9.97 Å². The van der Waals surface area contributed by atoms with Gasteiger partial charge in [0.05, 0.1) is 12.2 Å². The summed E-state index contributed by atoms with van der Waals surface area (Å²) >= 11 is 3.51. The number of aryl methyl sites for hydroxylation is 1. The van der Waals surface area contributed by atoms with E-state index < -0.39 is 0 Å². The predicted molar refractivity (Wildman–Crippen MR) is 78.7 cm³/mol. The number of amides is 1. The van der Waals surface area contributed by atoms with Crippen LogP contribution in [0, 0.1) is 0 Å². The van der Waals surface area contributed by atoms with Gasteiger partial charge in [-0.2, -0.15) is 0 Å². The zero-order valence-corrected chi connectivity index (χ0v) is 12.5. The quantitative estimate of drug-likeness (QED) is 0.868. The minimum atomic E-state index is 0.166. The van der Waals surface area contributed by atoms with E-state index in [-0.39, 0.29) is 5.91 Å². The first kappa shape index (κ1) is 13.2. The number of hydrogen-bond acceptors (Lipinski definition) is 3. The minimum Gasteiger partial charge on any atom is -0.332 e. The minimum absolute atomic E-state index is 0.166. The van der Waals surface area contributed by atoms with Crippen molar-refractivity contribution in [3.8, 4) is 0 Å². The predicted octanol–water partition coefficient (Wildman–Crippen LogP) is 2.71. The van der Waals surface area contributed by atoms with Crippen molar-refractivity contribution in [2.45, 2.75) is 25.9 Å². The van der Waals surface area contributed by atoms with Gasteiger partial charge < -0.3 is 4.90 Å². The molecule has 4 nitrogen and oxygen atoms in total. The van der Waals surface area contributed by atoms with Gasteiger partial charge in [-0.05, 0) is 18.1 Å². The van der Waals surface area contributed by atoms with E-state index in [9.17, 15) is 4.79 Å². The molecule has 0 atom stereocenters. The first-order valence-electron chi connectivity index (χ1n) is 6.53. The summed E-state index contributed by atoms with van der Waals surface area (Å²) < 4.78 is 1.06. The van der Waals surface area contributed by atoms with Crippen molar-refractivity contribution < 1.29 is 4.79 Å². The van der Waals surface area contributed by atoms with E-state index in [1.54, 1.807) is 6.20 Å². The van der Waals surface area contributed by atoms with Gasteiger partial charge in [-0.3, -0.25) is 4.79 Å². The van der Waals surface area contributed by atoms with E-state index in [1.807, 2.05) is 29.2 Å². The highest BCUT2D eigenvalue weighted by atomic mass is 79.9. The first-order chi connectivity index (χ1) is 9.74. The number of rotatable bonds is 3. The molecule has 20 heavy (non-hydrogen) atoms. The molecule has 0 aliphatic carbocycles. The van der Waals surface area contributed by atoms with Gasteiger partial charge in [0, 0.05) is 29.2 Å². The van der Waals surface area contributed by atoms with Gasteiger partial charge in [0.1, 0.15) is 6.33 Å². The Labute approximate surface area is 126 Å². The second-order valence-corrected chi connectivity index (χ2v) is 5.69. The van der Waals surface area contributed by atoms with Crippen LogP contribution >= 0.6 is 15.9 Å². The summed E-state index contributed by atoms with van der Waals surface area (Å²) in [6.07, 6.45) is 4.60. The first-order valence-corrected chi connectivity index (χ1v) is 7.32. The van der Waals surface area contributed by atoms with E-state index in [2.05, 4.69) is 25.9 Å². The van der Waals surface area contributed by atoms with Crippen molar-refractivity contribution in [1.29, 1.82) is 0 Å². The van der Waals surface area contributed by atoms with Crippen LogP contribution in [0.1, 0.15) is 23.2 Å². The van der Waals surface area contributed by atoms with Crippen LogP contribution in [-0.2, 0) is 24.3 Å². The Morgan fingerprint density at radius 1 is 1.30 bits per heavy atom. The van der Waals surface area contributed by atoms with Crippen LogP contribution in [0.5, 0.6) is 0 Å². The highest BCUT2D eigenvalue weighted by Crippen LogP contribution is 2.22. The molecule has 1 aliphatic rings. The fourth-order valence-electron chi connectivity index (χ4n) is 2.38. The highest BCUT2D eigenvalue weighted by Gasteiger charge is 2.24. The summed E-state index contributed by atoms with van der Waals surface area (Å²) in [5.74, 6) is 0.166. The molecule has 1 aliphatic heterocycles. The lowest BCUT2D eigenvalue weighted by atomic mass is 10.1. The number of benzene rings is 1. The average molecular weight is 332 g/mol. The van der Waals surface area contributed by atoms with Crippen molar-refractivity contribution in [1.82, 2.24) is 14.9 Å². The van der Waals surface area contributed by atoms with Crippen molar-refractivity contribution in [2.75, 3.05) is 0 Å². The normalized spacial score (nSPS) is 13.3. The van der Waals surface area contributed by atoms with Crippen LogP contribution in [0.3, 0.4) is 0 Å². The smallest absolute Gasteiger partial charge is 0.223 e. The van der Waals surface area contributed by atoms with Crippen molar-refractivity contribution >= 4 is 21.8 Å². The van der Waals surface area contributed by atoms with E-state index >= 15 is 0 Å². The number of carbonyl (C=O) groups excluding carboxylic acids is 1. The maximum absolute atomic E-state index is 12.3. The van der Waals surface area contributed by atoms with E-state index in [0.717, 1.165) is 27.7 Å². The standard InChI is InChI=1S/C15H14BrN3O/c16-13-4-2-1-3-11(13)5-6-15(20)19-8-12-7-17-10-18-14(12)9-19/h1-4,7,10H,5-6,8-9H2. The molecule has 102 valence electrons. The zero-order chi connectivity index (χ0) is 13.9. The summed E-state index contributed by atoms with van der Waals surface area (Å²) in [6.45, 7) is 1.23. The average Bonchev–Trinajstić information content (AvgIpc) is 2.90. The molecular weight excluding hydrogens is 318 g/mol. The van der Waals surface area contributed by atoms with Crippen molar-refractivity contribution in [2.24, 2.45) is 0 Å². The summed E-state index contributed by atoms with van der Waals surface area (Å²) in [5.41, 5.74) is 3.19. The highest BCUT2D eigenvalue weighted by molar-refractivity contribution is 9.10. The SMILES string of the molecule is O=C(CCc1ccccc1Br)N1Cc2cncnc2C1. The monoisotopic (exact) mass is 331 g/mol. The lowest BCUT2D eigenvalue weighted by molar-refractivity contribution is -0.131. The summed E-state index contributed by atoms with van der Waals surface area (Å²) in [6, 6.07) is 8.01. The molecule has 2 heterocycles. The number of aromatic nitrogens is 2. The van der Waals surface area contributed by atoms with Crippen LogP contribution < -0.4 is 0 Å². The Kier molecular flexibility index (Phi) is 3.78. The Morgan fingerprint density at radius 2 is 2.15 bits per heavy atom. The van der Waals surface area contributed by atoms with Gasteiger partial charge >= 0.3 is 0 Å². The molecule has 0 unspecified atom stereocenters. The number of nitrogens with zero attached hydrogens (tertiary/aromatic N) is 3. The Balaban J connectivity index is 1.61. The zero-order valence-electron chi connectivity index (χ0n) is 10.9. The molecule has 0 spiro atoms. The third-order valence-electron chi connectivity index (χ3n) is 3.50. The Morgan fingerprint density at radius 3 is 2.95 bits per heavy atom. The largest absolute Gasteiger partial charge is 0.332 e. The molecule has 2 aromatic rings. The topological polar surface area (TPSA) is 46.1 Å². The fourth-order valence-corrected chi connectivity index (χ4v) is 2.86. The van der Waals surface area contributed by atoms with Crippen molar-refractivity contribution in [3.63, 3.8) is 0 Å². The van der Waals surface area contributed by atoms with Crippen LogP contribution in [0.25, 0.3) is 0 Å². The molecule has 0 saturated heterocycles. The maximum Gasteiger partial charge on any atom is 0.223 e. The van der Waals surface area contributed by atoms with E-state index in [1.165, 1.54) is 6.33 Å². The third kappa shape index (κ3) is 2.72. The van der Waals surface area contributed by atoms with Gasteiger partial charge in [0.2, 0.25) is 5.91 Å². The molecule has 1 aromatic heterocycles. The number of fused-ring (bicyclic) bond motifs is 1. The molecular formula is C15H14BrN3O. The summed E-state index contributed by atoms with van der Waals surface area (Å²) in [5, 5.41) is 0. The number of carbonyl (C=O) groups is 1. The molecule has 0 saturated carbocycles. The van der Waals surface area contributed by atoms with E-state index in [0.29, 0.717) is 19.5 Å². The molecule has 1 aromatic carbocycles. The van der Waals surface area contributed by atoms with Gasteiger partial charge in [-0.1, -0.05) is 34.1 Å². The number of halogens is 1. The van der Waals surface area contributed by atoms with Crippen molar-refractivity contribution in [3.05, 3.63) is 58.1 Å². The second kappa shape index (κ2) is 5.71.